The van der Waals surface area contributed by atoms with Gasteiger partial charge in [0.2, 0.25) is 0 Å². The first-order valence-corrected chi connectivity index (χ1v) is 11.8. The average Bonchev–Trinajstić information content (AvgIpc) is 2.98. The maximum absolute atomic E-state index is 11.6. The van der Waals surface area contributed by atoms with Crippen LogP contribution >= 0.6 is 0 Å². The summed E-state index contributed by atoms with van der Waals surface area (Å²) >= 11 is 0. The Balaban J connectivity index is 1.64. The van der Waals surface area contributed by atoms with E-state index in [2.05, 4.69) is 20.8 Å². The molecular weight excluding hydrogens is 352 g/mol. The highest BCUT2D eigenvalue weighted by Gasteiger charge is 2.64. The first kappa shape index (κ1) is 20.7. The second kappa shape index (κ2) is 7.27. The number of fused-ring (bicyclic) bond motifs is 5. The van der Waals surface area contributed by atoms with Gasteiger partial charge < -0.3 is 15.3 Å². The normalized spacial score (nSPS) is 53.2. The van der Waals surface area contributed by atoms with Crippen molar-refractivity contribution in [2.45, 2.75) is 97.2 Å². The largest absolute Gasteiger partial charge is 0.481 e. The van der Waals surface area contributed by atoms with Gasteiger partial charge in [-0.3, -0.25) is 4.79 Å². The number of carboxylic acids is 1. The monoisotopic (exact) mass is 392 g/mol. The van der Waals surface area contributed by atoms with Crippen molar-refractivity contribution in [1.29, 1.82) is 0 Å². The molecule has 0 aromatic carbocycles. The van der Waals surface area contributed by atoms with Crippen molar-refractivity contribution in [2.75, 3.05) is 0 Å². The fourth-order valence-electron chi connectivity index (χ4n) is 8.84. The molecule has 160 valence electrons. The van der Waals surface area contributed by atoms with Gasteiger partial charge in [-0.2, -0.15) is 0 Å². The molecule has 0 amide bonds. The average molecular weight is 393 g/mol. The van der Waals surface area contributed by atoms with Crippen molar-refractivity contribution in [3.05, 3.63) is 0 Å². The number of aliphatic carboxylic acids is 1. The highest BCUT2D eigenvalue weighted by molar-refractivity contribution is 5.66. The molecule has 0 aliphatic heterocycles. The second-order valence-electron chi connectivity index (χ2n) is 11.1. The third-order valence-corrected chi connectivity index (χ3v) is 10.3. The first-order chi connectivity index (χ1) is 13.2. The van der Waals surface area contributed by atoms with E-state index in [-0.39, 0.29) is 29.5 Å². The molecule has 0 radical (unpaired) electrons. The van der Waals surface area contributed by atoms with Crippen LogP contribution in [0.2, 0.25) is 0 Å². The van der Waals surface area contributed by atoms with E-state index < -0.39 is 5.97 Å². The van der Waals surface area contributed by atoms with Gasteiger partial charge in [-0.05, 0) is 97.7 Å². The third-order valence-electron chi connectivity index (χ3n) is 10.3. The van der Waals surface area contributed by atoms with Crippen LogP contribution in [0, 0.1) is 46.3 Å². The van der Waals surface area contributed by atoms with E-state index in [1.54, 1.807) is 0 Å². The van der Waals surface area contributed by atoms with Crippen molar-refractivity contribution in [3.63, 3.8) is 0 Å². The van der Waals surface area contributed by atoms with Crippen molar-refractivity contribution in [1.82, 2.24) is 0 Å². The molecule has 0 bridgehead atoms. The van der Waals surface area contributed by atoms with Crippen LogP contribution in [0.25, 0.3) is 0 Å². The Bertz CT molecular complexity index is 605. The van der Waals surface area contributed by atoms with Crippen LogP contribution in [0.1, 0.15) is 85.0 Å². The molecule has 4 fully saturated rings. The van der Waals surface area contributed by atoms with Crippen LogP contribution in [-0.4, -0.2) is 33.5 Å². The Hall–Kier alpha value is -0.610. The Morgan fingerprint density at radius 2 is 1.64 bits per heavy atom. The lowest BCUT2D eigenvalue weighted by Gasteiger charge is -2.64. The van der Waals surface area contributed by atoms with Gasteiger partial charge in [0, 0.05) is 6.42 Å². The molecule has 4 nitrogen and oxygen atoms in total. The zero-order chi connectivity index (χ0) is 20.3. The number of hydrogen-bond donors (Lipinski definition) is 3. The van der Waals surface area contributed by atoms with E-state index in [1.165, 1.54) is 6.42 Å². The van der Waals surface area contributed by atoms with E-state index in [1.807, 2.05) is 0 Å². The van der Waals surface area contributed by atoms with Gasteiger partial charge in [0.25, 0.3) is 0 Å². The number of aliphatic hydroxyl groups excluding tert-OH is 2. The maximum Gasteiger partial charge on any atom is 0.303 e. The van der Waals surface area contributed by atoms with Crippen molar-refractivity contribution >= 4 is 5.97 Å². The predicted molar refractivity (Wildman–Crippen MR) is 109 cm³/mol. The standard InChI is InChI=1S/C24H40O4/c1-4-16-19-13-15(25)9-11-24(19,3)18-10-12-23(2)14(6-8-20(26)27)5-7-17(23)21(18)22(16)28/h14-19,21-22,25,28H,4-13H2,1-3H3,(H,26,27)/t14-,15-,16-,17?,18?,19+,21?,22-,23-,24-/m1/s1. The van der Waals surface area contributed by atoms with Crippen LogP contribution in [0.5, 0.6) is 0 Å². The summed E-state index contributed by atoms with van der Waals surface area (Å²) in [4.78, 5) is 11.1. The topological polar surface area (TPSA) is 77.8 Å². The smallest absolute Gasteiger partial charge is 0.303 e. The predicted octanol–water partition coefficient (Wildman–Crippen LogP) is 4.48. The molecule has 0 saturated heterocycles. The molecule has 3 N–H and O–H groups in total. The molecule has 10 atom stereocenters. The van der Waals surface area contributed by atoms with Crippen LogP contribution in [0.3, 0.4) is 0 Å². The third kappa shape index (κ3) is 2.96. The quantitative estimate of drug-likeness (QED) is 0.659. The summed E-state index contributed by atoms with van der Waals surface area (Å²) < 4.78 is 0. The Morgan fingerprint density at radius 3 is 2.32 bits per heavy atom. The summed E-state index contributed by atoms with van der Waals surface area (Å²) in [6.45, 7) is 7.08. The summed E-state index contributed by atoms with van der Waals surface area (Å²) in [5.41, 5.74) is 0.428. The molecule has 4 aliphatic carbocycles. The number of carboxylic acid groups (broad SMARTS) is 1. The molecule has 4 heteroatoms. The lowest BCUT2D eigenvalue weighted by molar-refractivity contribution is -0.202. The van der Waals surface area contributed by atoms with Crippen LogP contribution < -0.4 is 0 Å². The van der Waals surface area contributed by atoms with E-state index >= 15 is 0 Å². The molecule has 4 saturated carbocycles. The number of rotatable bonds is 4. The summed E-state index contributed by atoms with van der Waals surface area (Å²) in [7, 11) is 0. The zero-order valence-electron chi connectivity index (χ0n) is 17.9. The Kier molecular flexibility index (Phi) is 5.36. The van der Waals surface area contributed by atoms with Crippen LogP contribution in [0.15, 0.2) is 0 Å². The minimum atomic E-state index is -0.680. The van der Waals surface area contributed by atoms with Crippen molar-refractivity contribution in [2.24, 2.45) is 46.3 Å². The number of carbonyl (C=O) groups is 1. The zero-order valence-corrected chi connectivity index (χ0v) is 17.9. The number of hydrogen-bond acceptors (Lipinski definition) is 3. The van der Waals surface area contributed by atoms with Gasteiger partial charge in [0.15, 0.2) is 0 Å². The van der Waals surface area contributed by atoms with Gasteiger partial charge in [-0.15, -0.1) is 0 Å². The van der Waals surface area contributed by atoms with Crippen molar-refractivity contribution in [3.8, 4) is 0 Å². The van der Waals surface area contributed by atoms with Gasteiger partial charge in [0.05, 0.1) is 12.2 Å². The Morgan fingerprint density at radius 1 is 0.964 bits per heavy atom. The minimum Gasteiger partial charge on any atom is -0.481 e. The summed E-state index contributed by atoms with van der Waals surface area (Å²) in [6.07, 6.45) is 9.08. The molecular formula is C24H40O4. The molecule has 0 aromatic heterocycles. The first-order valence-electron chi connectivity index (χ1n) is 11.8. The molecule has 28 heavy (non-hydrogen) atoms. The highest BCUT2D eigenvalue weighted by atomic mass is 16.4. The van der Waals surface area contributed by atoms with Gasteiger partial charge in [-0.25, -0.2) is 0 Å². The molecule has 0 aromatic rings. The van der Waals surface area contributed by atoms with E-state index in [4.69, 9.17) is 0 Å². The molecule has 4 rings (SSSR count). The molecule has 0 spiro atoms. The van der Waals surface area contributed by atoms with Crippen LogP contribution in [0.4, 0.5) is 0 Å². The van der Waals surface area contributed by atoms with Crippen LogP contribution in [-0.2, 0) is 4.79 Å². The summed E-state index contributed by atoms with van der Waals surface area (Å²) in [6, 6.07) is 0. The van der Waals surface area contributed by atoms with E-state index in [9.17, 15) is 20.1 Å². The highest BCUT2D eigenvalue weighted by Crippen LogP contribution is 2.69. The summed E-state index contributed by atoms with van der Waals surface area (Å²) in [5.74, 6) is 1.97. The van der Waals surface area contributed by atoms with Gasteiger partial charge in [-0.1, -0.05) is 27.2 Å². The van der Waals surface area contributed by atoms with E-state index in [0.717, 1.165) is 51.4 Å². The molecule has 3 unspecified atom stereocenters. The lowest BCUT2D eigenvalue weighted by atomic mass is 9.41. The minimum absolute atomic E-state index is 0.188. The molecule has 0 heterocycles. The second-order valence-corrected chi connectivity index (χ2v) is 11.1. The fraction of sp³-hybridized carbons (Fsp3) is 0.958. The Labute approximate surface area is 170 Å². The maximum atomic E-state index is 11.6. The number of aliphatic hydroxyl groups is 2. The van der Waals surface area contributed by atoms with Crippen molar-refractivity contribution < 1.29 is 20.1 Å². The summed E-state index contributed by atoms with van der Waals surface area (Å²) in [5, 5.41) is 31.1. The fourth-order valence-corrected chi connectivity index (χ4v) is 8.84. The lowest BCUT2D eigenvalue weighted by Crippen LogP contribution is -2.62. The van der Waals surface area contributed by atoms with Gasteiger partial charge >= 0.3 is 5.97 Å². The van der Waals surface area contributed by atoms with Gasteiger partial charge in [0.1, 0.15) is 0 Å². The molecule has 4 aliphatic rings. The SMILES string of the molecule is CC[C@H]1[C@@H](O)C2C3CC[C@H](CCC(=O)O)[C@@]3(C)CCC2[C@@]2(C)CC[C@@H](O)C[C@@H]12. The van der Waals surface area contributed by atoms with E-state index in [0.29, 0.717) is 35.5 Å².